The van der Waals surface area contributed by atoms with Gasteiger partial charge < -0.3 is 14.5 Å². The monoisotopic (exact) mass is 583 g/mol. The fraction of sp³-hybridized carbons (Fsp3) is 0.273. The molecule has 0 N–H and O–H groups in total. The van der Waals surface area contributed by atoms with Crippen LogP contribution in [0.2, 0.25) is 5.02 Å². The second-order valence-corrected chi connectivity index (χ2v) is 10.8. The van der Waals surface area contributed by atoms with Crippen LogP contribution >= 0.6 is 11.6 Å². The summed E-state index contributed by atoms with van der Waals surface area (Å²) in [4.78, 5) is 40.0. The number of para-hydroxylation sites is 2. The van der Waals surface area contributed by atoms with Crippen LogP contribution in [0.5, 0.6) is 5.75 Å². The molecule has 0 radical (unpaired) electrons. The van der Waals surface area contributed by atoms with E-state index < -0.39 is 5.69 Å². The first-order valence-electron chi connectivity index (χ1n) is 13.7. The van der Waals surface area contributed by atoms with Crippen molar-refractivity contribution in [2.24, 2.45) is 0 Å². The number of aromatic nitrogens is 3. The number of ether oxygens (including phenoxy) is 1. The lowest BCUT2D eigenvalue weighted by Crippen LogP contribution is -2.58. The van der Waals surface area contributed by atoms with Crippen LogP contribution in [0.3, 0.4) is 0 Å². The molecule has 42 heavy (non-hydrogen) atoms. The van der Waals surface area contributed by atoms with Gasteiger partial charge in [0.15, 0.2) is 5.65 Å². The van der Waals surface area contributed by atoms with E-state index in [9.17, 15) is 9.59 Å². The number of carbonyl (C=O) groups is 1. The smallest absolute Gasteiger partial charge is 0.355 e. The van der Waals surface area contributed by atoms with E-state index in [1.165, 1.54) is 6.08 Å². The minimum atomic E-state index is -0.437. The first kappa shape index (κ1) is 29.1. The number of benzene rings is 2. The summed E-state index contributed by atoms with van der Waals surface area (Å²) in [6, 6.07) is 17.0. The summed E-state index contributed by atoms with van der Waals surface area (Å²) in [6.45, 7) is 8.99. The van der Waals surface area contributed by atoms with Crippen molar-refractivity contribution in [3.63, 3.8) is 0 Å². The SMILES string of the molecule is C.C=CC(=O)N1C[C@H](C)N(c2nc(=O)n3c4nc(c(Cl)cc24)-c2ccccc2OC/C=C/Cc2ccccc2-3)C[C@H]1C. The Hall–Kier alpha value is -4.43. The van der Waals surface area contributed by atoms with Crippen molar-refractivity contribution in [1.82, 2.24) is 19.4 Å². The molecule has 2 aromatic carbocycles. The van der Waals surface area contributed by atoms with Gasteiger partial charge in [-0.05, 0) is 56.2 Å². The highest BCUT2D eigenvalue weighted by Crippen LogP contribution is 2.38. The van der Waals surface area contributed by atoms with Crippen molar-refractivity contribution < 1.29 is 9.53 Å². The van der Waals surface area contributed by atoms with Gasteiger partial charge in [0.1, 0.15) is 18.2 Å². The number of fused-ring (bicyclic) bond motifs is 5. The zero-order valence-corrected chi connectivity index (χ0v) is 23.7. The molecule has 2 atom stereocenters. The highest BCUT2D eigenvalue weighted by atomic mass is 35.5. The normalized spacial score (nSPS) is 18.8. The lowest BCUT2D eigenvalue weighted by molar-refractivity contribution is -0.128. The van der Waals surface area contributed by atoms with E-state index in [-0.39, 0.29) is 25.4 Å². The van der Waals surface area contributed by atoms with E-state index >= 15 is 0 Å². The molecule has 1 amide bonds. The summed E-state index contributed by atoms with van der Waals surface area (Å²) in [6.07, 6.45) is 5.94. The molecule has 0 spiro atoms. The fourth-order valence-corrected chi connectivity index (χ4v) is 5.94. The van der Waals surface area contributed by atoms with Crippen molar-refractivity contribution in [1.29, 1.82) is 0 Å². The van der Waals surface area contributed by atoms with Crippen LogP contribution in [0, 0.1) is 0 Å². The van der Waals surface area contributed by atoms with Gasteiger partial charge in [-0.3, -0.25) is 4.79 Å². The number of anilines is 1. The molecule has 1 saturated heterocycles. The fourth-order valence-electron chi connectivity index (χ4n) is 5.68. The van der Waals surface area contributed by atoms with Crippen LogP contribution in [0.15, 0.2) is 84.2 Å². The zero-order chi connectivity index (χ0) is 28.7. The lowest BCUT2D eigenvalue weighted by atomic mass is 10.1. The van der Waals surface area contributed by atoms with Crippen molar-refractivity contribution in [3.8, 4) is 22.7 Å². The predicted molar refractivity (Wildman–Crippen MR) is 169 cm³/mol. The Kier molecular flexibility index (Phi) is 8.18. The van der Waals surface area contributed by atoms with Gasteiger partial charge in [-0.25, -0.2) is 14.3 Å². The maximum atomic E-state index is 14.0. The molecule has 1 fully saturated rings. The topological polar surface area (TPSA) is 80.6 Å². The first-order valence-corrected chi connectivity index (χ1v) is 14.0. The molecule has 8 nitrogen and oxygen atoms in total. The average molecular weight is 584 g/mol. The highest BCUT2D eigenvalue weighted by molar-refractivity contribution is 6.34. The Morgan fingerprint density at radius 3 is 2.62 bits per heavy atom. The molecule has 2 aliphatic rings. The minimum Gasteiger partial charge on any atom is -0.489 e. The molecular formula is C33H34ClN5O3. The molecule has 9 heteroatoms. The molecule has 0 saturated carbocycles. The van der Waals surface area contributed by atoms with Gasteiger partial charge in [0.2, 0.25) is 5.91 Å². The molecular weight excluding hydrogens is 550 g/mol. The largest absolute Gasteiger partial charge is 0.489 e. The summed E-state index contributed by atoms with van der Waals surface area (Å²) in [5.41, 5.74) is 2.93. The van der Waals surface area contributed by atoms with E-state index in [2.05, 4.69) is 16.5 Å². The highest BCUT2D eigenvalue weighted by Gasteiger charge is 2.34. The van der Waals surface area contributed by atoms with Gasteiger partial charge in [-0.2, -0.15) is 4.98 Å². The third-order valence-corrected chi connectivity index (χ3v) is 8.02. The van der Waals surface area contributed by atoms with Crippen LogP contribution in [-0.4, -0.2) is 57.1 Å². The Balaban J connectivity index is 0.00000353. The molecule has 4 heterocycles. The predicted octanol–water partition coefficient (Wildman–Crippen LogP) is 5.84. The quantitative estimate of drug-likeness (QED) is 0.218. The molecule has 216 valence electrons. The van der Waals surface area contributed by atoms with E-state index in [1.807, 2.05) is 80.6 Å². The van der Waals surface area contributed by atoms with Crippen LogP contribution in [-0.2, 0) is 11.2 Å². The molecule has 2 bridgehead atoms. The lowest BCUT2D eigenvalue weighted by Gasteiger charge is -2.44. The van der Waals surface area contributed by atoms with Crippen molar-refractivity contribution in [3.05, 3.63) is 100 Å². The molecule has 6 rings (SSSR count). The Morgan fingerprint density at radius 1 is 1.05 bits per heavy atom. The number of nitrogens with zero attached hydrogens (tertiary/aromatic N) is 5. The van der Waals surface area contributed by atoms with Crippen molar-refractivity contribution in [2.75, 3.05) is 24.6 Å². The Bertz CT molecular complexity index is 1760. The van der Waals surface area contributed by atoms with Gasteiger partial charge >= 0.3 is 5.69 Å². The van der Waals surface area contributed by atoms with Gasteiger partial charge in [0.05, 0.1) is 21.8 Å². The Labute approximate surface area is 250 Å². The van der Waals surface area contributed by atoms with Gasteiger partial charge in [0, 0.05) is 30.7 Å². The molecule has 4 aromatic rings. The summed E-state index contributed by atoms with van der Waals surface area (Å²) in [5.74, 6) is 1.03. The number of hydrogen-bond donors (Lipinski definition) is 0. The molecule has 0 unspecified atom stereocenters. The van der Waals surface area contributed by atoms with Crippen LogP contribution in [0.25, 0.3) is 28.0 Å². The van der Waals surface area contributed by atoms with Gasteiger partial charge in [-0.15, -0.1) is 0 Å². The summed E-state index contributed by atoms with van der Waals surface area (Å²) in [5, 5.41) is 1.07. The average Bonchev–Trinajstić information content (AvgIpc) is 2.98. The number of pyridine rings is 1. The number of carbonyl (C=O) groups excluding carboxylic acids is 1. The van der Waals surface area contributed by atoms with Crippen LogP contribution < -0.4 is 15.3 Å². The van der Waals surface area contributed by atoms with E-state index in [4.69, 9.17) is 21.3 Å². The number of halogens is 1. The first-order chi connectivity index (χ1) is 19.9. The van der Waals surface area contributed by atoms with Crippen molar-refractivity contribution in [2.45, 2.75) is 39.8 Å². The van der Waals surface area contributed by atoms with Crippen LogP contribution in [0.1, 0.15) is 26.8 Å². The summed E-state index contributed by atoms with van der Waals surface area (Å²) < 4.78 is 7.68. The zero-order valence-electron chi connectivity index (χ0n) is 23.0. The third-order valence-electron chi connectivity index (χ3n) is 7.73. The minimum absolute atomic E-state index is 0. The number of piperazine rings is 1. The second kappa shape index (κ2) is 11.8. The second-order valence-electron chi connectivity index (χ2n) is 10.4. The maximum Gasteiger partial charge on any atom is 0.355 e. The summed E-state index contributed by atoms with van der Waals surface area (Å²) in [7, 11) is 0. The number of allylic oxidation sites excluding steroid dienone is 1. The van der Waals surface area contributed by atoms with Crippen LogP contribution in [0.4, 0.5) is 5.82 Å². The number of amides is 1. The third kappa shape index (κ3) is 5.07. The molecule has 2 aliphatic heterocycles. The van der Waals surface area contributed by atoms with Gasteiger partial charge in [0.25, 0.3) is 0 Å². The van der Waals surface area contributed by atoms with E-state index in [0.29, 0.717) is 65.1 Å². The standard InChI is InChI=1S/C32H30ClN5O3.CH4/c1-4-28(39)36-18-21(3)37(19-20(36)2)30-24-17-25(33)29-23-13-6-8-15-27(23)41-16-10-9-12-22-11-5-7-14-26(22)38(31(24)34-29)32(40)35-30;/h4-11,13-15,17,20-21H,1,12,16,18-19H2,2-3H3;1H4/b10-9+;/t20-,21+;/m1./s1. The summed E-state index contributed by atoms with van der Waals surface area (Å²) >= 11 is 6.96. The number of rotatable bonds is 2. The number of hydrogen-bond acceptors (Lipinski definition) is 6. The van der Waals surface area contributed by atoms with E-state index in [1.54, 1.807) is 9.47 Å². The van der Waals surface area contributed by atoms with Crippen molar-refractivity contribution >= 4 is 34.4 Å². The van der Waals surface area contributed by atoms with Gasteiger partial charge in [-0.1, -0.05) is 68.1 Å². The maximum absolute atomic E-state index is 14.0. The van der Waals surface area contributed by atoms with E-state index in [0.717, 1.165) is 11.1 Å². The molecule has 0 aliphatic carbocycles. The Morgan fingerprint density at radius 2 is 1.81 bits per heavy atom. The molecule has 2 aromatic heterocycles.